The van der Waals surface area contributed by atoms with Crippen LogP contribution in [0.3, 0.4) is 0 Å². The molecule has 1 saturated heterocycles. The van der Waals surface area contributed by atoms with Gasteiger partial charge in [-0.25, -0.2) is 0 Å². The van der Waals surface area contributed by atoms with Gasteiger partial charge in [-0.1, -0.05) is 11.6 Å². The molecule has 102 valence electrons. The Morgan fingerprint density at radius 2 is 2.00 bits per heavy atom. The number of phenols is 1. The first-order valence-electron chi connectivity index (χ1n) is 6.05. The average molecular weight is 283 g/mol. The van der Waals surface area contributed by atoms with Crippen LogP contribution in [0.2, 0.25) is 5.02 Å². The van der Waals surface area contributed by atoms with Crippen LogP contribution in [-0.4, -0.2) is 59.8 Å². The molecule has 5 nitrogen and oxygen atoms in total. The van der Waals surface area contributed by atoms with Crippen LogP contribution in [-0.2, 0) is 4.79 Å². The number of benzene rings is 1. The van der Waals surface area contributed by atoms with Crippen LogP contribution < -0.4 is 0 Å². The summed E-state index contributed by atoms with van der Waals surface area (Å²) in [6, 6.07) is 4.42. The van der Waals surface area contributed by atoms with Gasteiger partial charge in [0.05, 0.1) is 12.1 Å². The molecule has 1 aliphatic rings. The Bertz CT molecular complexity index is 485. The first-order valence-corrected chi connectivity index (χ1v) is 6.43. The summed E-state index contributed by atoms with van der Waals surface area (Å²) < 4.78 is 0. The maximum absolute atomic E-state index is 12.3. The molecule has 0 atom stereocenters. The van der Waals surface area contributed by atoms with E-state index in [0.29, 0.717) is 37.7 Å². The van der Waals surface area contributed by atoms with Crippen molar-refractivity contribution >= 4 is 23.8 Å². The lowest BCUT2D eigenvalue weighted by Gasteiger charge is -2.33. The molecule has 0 bridgehead atoms. The summed E-state index contributed by atoms with van der Waals surface area (Å²) in [6.45, 7) is 2.79. The largest absolute Gasteiger partial charge is 0.507 e. The van der Waals surface area contributed by atoms with Crippen molar-refractivity contribution in [1.82, 2.24) is 9.80 Å². The number of aromatic hydroxyl groups is 1. The molecule has 0 aromatic heterocycles. The van der Waals surface area contributed by atoms with Crippen molar-refractivity contribution in [3.63, 3.8) is 0 Å². The zero-order chi connectivity index (χ0) is 13.8. The Kier molecular flexibility index (Phi) is 4.39. The van der Waals surface area contributed by atoms with Crippen LogP contribution in [0.5, 0.6) is 5.75 Å². The van der Waals surface area contributed by atoms with Crippen molar-refractivity contribution in [2.24, 2.45) is 0 Å². The SMILES string of the molecule is O=CCN1CCN(C(=O)c2cc(Cl)ccc2O)CC1. The van der Waals surface area contributed by atoms with E-state index in [2.05, 4.69) is 0 Å². The van der Waals surface area contributed by atoms with Crippen LogP contribution in [0.4, 0.5) is 0 Å². The lowest BCUT2D eigenvalue weighted by atomic mass is 10.1. The second kappa shape index (κ2) is 6.04. The van der Waals surface area contributed by atoms with E-state index in [1.54, 1.807) is 4.90 Å². The first kappa shape index (κ1) is 13.8. The number of piperazine rings is 1. The Labute approximate surface area is 116 Å². The summed E-state index contributed by atoms with van der Waals surface area (Å²) in [6.07, 6.45) is 0.861. The second-order valence-electron chi connectivity index (χ2n) is 4.42. The zero-order valence-corrected chi connectivity index (χ0v) is 11.1. The average Bonchev–Trinajstić information content (AvgIpc) is 2.42. The topological polar surface area (TPSA) is 60.9 Å². The van der Waals surface area contributed by atoms with Crippen LogP contribution in [0.1, 0.15) is 10.4 Å². The molecule has 1 heterocycles. The molecule has 0 radical (unpaired) electrons. The van der Waals surface area contributed by atoms with E-state index in [0.717, 1.165) is 6.29 Å². The van der Waals surface area contributed by atoms with Crippen molar-refractivity contribution in [3.8, 4) is 5.75 Å². The molecular formula is C13H15ClN2O3. The molecule has 0 spiro atoms. The Balaban J connectivity index is 2.05. The number of nitrogens with zero attached hydrogens (tertiary/aromatic N) is 2. The van der Waals surface area contributed by atoms with E-state index < -0.39 is 0 Å². The number of aldehydes is 1. The highest BCUT2D eigenvalue weighted by Gasteiger charge is 2.23. The lowest BCUT2D eigenvalue weighted by molar-refractivity contribution is -0.109. The van der Waals surface area contributed by atoms with E-state index in [1.165, 1.54) is 18.2 Å². The Hall–Kier alpha value is -1.59. The number of carbonyl (C=O) groups excluding carboxylic acids is 2. The molecular weight excluding hydrogens is 268 g/mol. The molecule has 1 amide bonds. The van der Waals surface area contributed by atoms with Crippen molar-refractivity contribution < 1.29 is 14.7 Å². The molecule has 0 saturated carbocycles. The predicted octanol–water partition coefficient (Wildman–Crippen LogP) is 1.00. The molecule has 1 aromatic rings. The minimum Gasteiger partial charge on any atom is -0.507 e. The third-order valence-corrected chi connectivity index (χ3v) is 3.42. The van der Waals surface area contributed by atoms with Gasteiger partial charge < -0.3 is 14.8 Å². The standard InChI is InChI=1S/C13H15ClN2O3/c14-10-1-2-12(18)11(9-10)13(19)16-5-3-15(4-6-16)7-8-17/h1-2,8-9,18H,3-7H2. The molecule has 1 aliphatic heterocycles. The summed E-state index contributed by atoms with van der Waals surface area (Å²) in [7, 11) is 0. The maximum Gasteiger partial charge on any atom is 0.257 e. The van der Waals surface area contributed by atoms with Gasteiger partial charge in [-0.05, 0) is 18.2 Å². The zero-order valence-electron chi connectivity index (χ0n) is 10.4. The quantitative estimate of drug-likeness (QED) is 0.841. The fraction of sp³-hybridized carbons (Fsp3) is 0.385. The van der Waals surface area contributed by atoms with Crippen LogP contribution in [0.25, 0.3) is 0 Å². The highest BCUT2D eigenvalue weighted by molar-refractivity contribution is 6.31. The summed E-state index contributed by atoms with van der Waals surface area (Å²) in [4.78, 5) is 26.3. The molecule has 1 N–H and O–H groups in total. The molecule has 1 aromatic carbocycles. The van der Waals surface area contributed by atoms with Gasteiger partial charge in [-0.15, -0.1) is 0 Å². The molecule has 2 rings (SSSR count). The van der Waals surface area contributed by atoms with E-state index >= 15 is 0 Å². The van der Waals surface area contributed by atoms with E-state index in [4.69, 9.17) is 11.6 Å². The van der Waals surface area contributed by atoms with Gasteiger partial charge in [0.25, 0.3) is 5.91 Å². The fourth-order valence-electron chi connectivity index (χ4n) is 2.09. The van der Waals surface area contributed by atoms with Crippen molar-refractivity contribution in [1.29, 1.82) is 0 Å². The van der Waals surface area contributed by atoms with Crippen molar-refractivity contribution in [3.05, 3.63) is 28.8 Å². The smallest absolute Gasteiger partial charge is 0.257 e. The summed E-state index contributed by atoms with van der Waals surface area (Å²) in [5.41, 5.74) is 0.219. The molecule has 19 heavy (non-hydrogen) atoms. The highest BCUT2D eigenvalue weighted by Crippen LogP contribution is 2.23. The van der Waals surface area contributed by atoms with Gasteiger partial charge in [0.2, 0.25) is 0 Å². The third kappa shape index (κ3) is 3.24. The molecule has 1 fully saturated rings. The van der Waals surface area contributed by atoms with Gasteiger partial charge in [0.1, 0.15) is 12.0 Å². The first-order chi connectivity index (χ1) is 9.11. The molecule has 0 aliphatic carbocycles. The van der Waals surface area contributed by atoms with Gasteiger partial charge in [0.15, 0.2) is 0 Å². The van der Waals surface area contributed by atoms with E-state index in [9.17, 15) is 14.7 Å². The monoisotopic (exact) mass is 282 g/mol. The molecule has 6 heteroatoms. The number of carbonyl (C=O) groups is 2. The second-order valence-corrected chi connectivity index (χ2v) is 4.86. The van der Waals surface area contributed by atoms with Crippen molar-refractivity contribution in [2.45, 2.75) is 0 Å². The normalized spacial score (nSPS) is 16.4. The number of amides is 1. The fourth-order valence-corrected chi connectivity index (χ4v) is 2.26. The number of rotatable bonds is 3. The minimum atomic E-state index is -0.231. The van der Waals surface area contributed by atoms with Crippen molar-refractivity contribution in [2.75, 3.05) is 32.7 Å². The third-order valence-electron chi connectivity index (χ3n) is 3.18. The number of halogens is 1. The van der Waals surface area contributed by atoms with Gasteiger partial charge in [-0.2, -0.15) is 0 Å². The Morgan fingerprint density at radius 1 is 1.32 bits per heavy atom. The van der Waals surface area contributed by atoms with Gasteiger partial charge in [-0.3, -0.25) is 9.69 Å². The van der Waals surface area contributed by atoms with Crippen LogP contribution in [0, 0.1) is 0 Å². The maximum atomic E-state index is 12.3. The number of hydrogen-bond donors (Lipinski definition) is 1. The van der Waals surface area contributed by atoms with Crippen LogP contribution >= 0.6 is 11.6 Å². The summed E-state index contributed by atoms with van der Waals surface area (Å²) in [5.74, 6) is -0.296. The number of hydrogen-bond acceptors (Lipinski definition) is 4. The van der Waals surface area contributed by atoms with Crippen LogP contribution in [0.15, 0.2) is 18.2 Å². The summed E-state index contributed by atoms with van der Waals surface area (Å²) >= 11 is 5.84. The lowest BCUT2D eigenvalue weighted by Crippen LogP contribution is -2.49. The Morgan fingerprint density at radius 3 is 2.63 bits per heavy atom. The minimum absolute atomic E-state index is 0.0651. The number of phenolic OH excluding ortho intramolecular Hbond substituents is 1. The highest BCUT2D eigenvalue weighted by atomic mass is 35.5. The predicted molar refractivity (Wildman–Crippen MR) is 71.5 cm³/mol. The van der Waals surface area contributed by atoms with E-state index in [-0.39, 0.29) is 17.2 Å². The van der Waals surface area contributed by atoms with E-state index in [1.807, 2.05) is 4.90 Å². The summed E-state index contributed by atoms with van der Waals surface area (Å²) in [5, 5.41) is 10.1. The van der Waals surface area contributed by atoms with Gasteiger partial charge >= 0.3 is 0 Å². The van der Waals surface area contributed by atoms with Gasteiger partial charge in [0, 0.05) is 31.2 Å². The molecule has 0 unspecified atom stereocenters.